The SMILES string of the molecule is Cc1cc(N2CCCC2)c2cc(C)c(CNc3ccc(C#N)c(C(F)(F)F)c3)cc2n1. The van der Waals surface area contributed by atoms with Gasteiger partial charge in [-0.05, 0) is 74.2 Å². The van der Waals surface area contributed by atoms with Crippen LogP contribution in [0.5, 0.6) is 0 Å². The lowest BCUT2D eigenvalue weighted by Gasteiger charge is -2.21. The van der Waals surface area contributed by atoms with E-state index in [9.17, 15) is 13.2 Å². The van der Waals surface area contributed by atoms with E-state index in [1.165, 1.54) is 30.7 Å². The van der Waals surface area contributed by atoms with E-state index in [1.807, 2.05) is 19.9 Å². The molecule has 160 valence electrons. The van der Waals surface area contributed by atoms with E-state index in [0.29, 0.717) is 12.2 Å². The predicted octanol–water partition coefficient (Wildman–Crippen LogP) is 5.95. The molecule has 1 fully saturated rings. The van der Waals surface area contributed by atoms with E-state index in [2.05, 4.69) is 22.3 Å². The second-order valence-corrected chi connectivity index (χ2v) is 8.00. The number of hydrogen-bond acceptors (Lipinski definition) is 4. The number of nitrogens with zero attached hydrogens (tertiary/aromatic N) is 3. The molecule has 1 aromatic heterocycles. The van der Waals surface area contributed by atoms with Gasteiger partial charge in [0, 0.05) is 42.1 Å². The molecule has 0 saturated carbocycles. The molecule has 0 bridgehead atoms. The number of benzene rings is 2. The molecule has 2 aromatic carbocycles. The van der Waals surface area contributed by atoms with Crippen LogP contribution in [-0.2, 0) is 12.7 Å². The number of nitrogens with one attached hydrogen (secondary N) is 1. The molecule has 0 unspecified atom stereocenters. The van der Waals surface area contributed by atoms with Crippen LogP contribution in [0.2, 0.25) is 0 Å². The van der Waals surface area contributed by atoms with Crippen molar-refractivity contribution in [1.82, 2.24) is 4.98 Å². The van der Waals surface area contributed by atoms with Gasteiger partial charge in [0.25, 0.3) is 0 Å². The van der Waals surface area contributed by atoms with E-state index >= 15 is 0 Å². The molecule has 0 spiro atoms. The lowest BCUT2D eigenvalue weighted by Crippen LogP contribution is -2.18. The highest BCUT2D eigenvalue weighted by Crippen LogP contribution is 2.34. The molecule has 0 radical (unpaired) electrons. The zero-order valence-corrected chi connectivity index (χ0v) is 17.5. The Kier molecular flexibility index (Phi) is 5.48. The summed E-state index contributed by atoms with van der Waals surface area (Å²) in [6.45, 7) is 6.43. The van der Waals surface area contributed by atoms with E-state index in [4.69, 9.17) is 10.2 Å². The van der Waals surface area contributed by atoms with E-state index < -0.39 is 11.7 Å². The third-order valence-electron chi connectivity index (χ3n) is 5.75. The number of rotatable bonds is 4. The number of hydrogen-bond donors (Lipinski definition) is 1. The second kappa shape index (κ2) is 8.10. The molecule has 1 saturated heterocycles. The monoisotopic (exact) mass is 424 g/mol. The third-order valence-corrected chi connectivity index (χ3v) is 5.75. The summed E-state index contributed by atoms with van der Waals surface area (Å²) in [4.78, 5) is 7.09. The largest absolute Gasteiger partial charge is 0.417 e. The normalized spacial score (nSPS) is 14.1. The first kappa shape index (κ1) is 21.0. The van der Waals surface area contributed by atoms with Gasteiger partial charge in [0.15, 0.2) is 0 Å². The van der Waals surface area contributed by atoms with Crippen molar-refractivity contribution in [3.8, 4) is 6.07 Å². The summed E-state index contributed by atoms with van der Waals surface area (Å²) in [6.07, 6.45) is -2.20. The summed E-state index contributed by atoms with van der Waals surface area (Å²) in [6, 6.07) is 11.5. The summed E-state index contributed by atoms with van der Waals surface area (Å²) in [5.74, 6) is 0. The van der Waals surface area contributed by atoms with Crippen LogP contribution < -0.4 is 10.2 Å². The zero-order valence-electron chi connectivity index (χ0n) is 17.5. The van der Waals surface area contributed by atoms with Crippen LogP contribution in [0.15, 0.2) is 36.4 Å². The summed E-state index contributed by atoms with van der Waals surface area (Å²) < 4.78 is 39.7. The Morgan fingerprint density at radius 2 is 1.84 bits per heavy atom. The molecule has 31 heavy (non-hydrogen) atoms. The highest BCUT2D eigenvalue weighted by Gasteiger charge is 2.33. The average molecular weight is 424 g/mol. The number of aromatic nitrogens is 1. The Morgan fingerprint density at radius 1 is 1.10 bits per heavy atom. The van der Waals surface area contributed by atoms with Gasteiger partial charge < -0.3 is 10.2 Å². The minimum atomic E-state index is -4.57. The van der Waals surface area contributed by atoms with Crippen LogP contribution in [0, 0.1) is 25.2 Å². The van der Waals surface area contributed by atoms with Gasteiger partial charge >= 0.3 is 6.18 Å². The summed E-state index contributed by atoms with van der Waals surface area (Å²) in [5, 5.41) is 13.1. The zero-order chi connectivity index (χ0) is 22.2. The molecule has 0 aliphatic carbocycles. The molecule has 2 heterocycles. The van der Waals surface area contributed by atoms with Crippen LogP contribution in [0.1, 0.15) is 40.8 Å². The minimum absolute atomic E-state index is 0.320. The fourth-order valence-corrected chi connectivity index (χ4v) is 4.13. The van der Waals surface area contributed by atoms with E-state index in [1.54, 1.807) is 6.07 Å². The molecule has 0 atom stereocenters. The van der Waals surface area contributed by atoms with Crippen molar-refractivity contribution in [2.75, 3.05) is 23.3 Å². The van der Waals surface area contributed by atoms with Crippen molar-refractivity contribution in [2.24, 2.45) is 0 Å². The first-order chi connectivity index (χ1) is 14.8. The van der Waals surface area contributed by atoms with Crippen LogP contribution in [0.25, 0.3) is 10.9 Å². The molecule has 1 N–H and O–H groups in total. The Balaban J connectivity index is 1.64. The average Bonchev–Trinajstić information content (AvgIpc) is 3.26. The van der Waals surface area contributed by atoms with Gasteiger partial charge in [-0.15, -0.1) is 0 Å². The Labute approximate surface area is 179 Å². The number of halogens is 3. The highest BCUT2D eigenvalue weighted by molar-refractivity contribution is 5.93. The molecular weight excluding hydrogens is 401 g/mol. The Bertz CT molecular complexity index is 1170. The summed E-state index contributed by atoms with van der Waals surface area (Å²) in [5.41, 5.74) is 4.06. The molecular formula is C24H23F3N4. The molecule has 1 aliphatic rings. The Hall–Kier alpha value is -3.27. The first-order valence-electron chi connectivity index (χ1n) is 10.3. The third kappa shape index (κ3) is 4.29. The van der Waals surface area contributed by atoms with Crippen LogP contribution >= 0.6 is 0 Å². The number of pyridine rings is 1. The standard InChI is InChI=1S/C24H23F3N4/c1-15-9-20-22(30-16(2)10-23(20)31-7-3-4-8-31)11-18(15)14-29-19-6-5-17(13-28)21(12-19)24(25,26)27/h5-6,9-12,29H,3-4,7-8,14H2,1-2H3. The molecule has 4 nitrogen and oxygen atoms in total. The van der Waals surface area contributed by atoms with Gasteiger partial charge in [0.2, 0.25) is 0 Å². The molecule has 7 heteroatoms. The van der Waals surface area contributed by atoms with Gasteiger partial charge in [-0.3, -0.25) is 4.98 Å². The summed E-state index contributed by atoms with van der Waals surface area (Å²) in [7, 11) is 0. The summed E-state index contributed by atoms with van der Waals surface area (Å²) >= 11 is 0. The predicted molar refractivity (Wildman–Crippen MR) is 116 cm³/mol. The smallest absolute Gasteiger partial charge is 0.381 e. The molecule has 1 aliphatic heterocycles. The number of alkyl halides is 3. The fraction of sp³-hybridized carbons (Fsp3) is 0.333. The first-order valence-corrected chi connectivity index (χ1v) is 10.3. The van der Waals surface area contributed by atoms with Gasteiger partial charge in [0.05, 0.1) is 22.7 Å². The van der Waals surface area contributed by atoms with Crippen molar-refractivity contribution in [2.45, 2.75) is 39.4 Å². The molecule has 3 aromatic rings. The number of nitriles is 1. The van der Waals surface area contributed by atoms with Gasteiger partial charge in [-0.1, -0.05) is 0 Å². The van der Waals surface area contributed by atoms with Gasteiger partial charge in [-0.25, -0.2) is 0 Å². The van der Waals surface area contributed by atoms with Crippen molar-refractivity contribution in [3.05, 3.63) is 64.3 Å². The topological polar surface area (TPSA) is 52.0 Å². The number of anilines is 2. The lowest BCUT2D eigenvalue weighted by atomic mass is 10.0. The van der Waals surface area contributed by atoms with Gasteiger partial charge in [0.1, 0.15) is 0 Å². The maximum Gasteiger partial charge on any atom is 0.417 e. The lowest BCUT2D eigenvalue weighted by molar-refractivity contribution is -0.137. The Morgan fingerprint density at radius 3 is 2.52 bits per heavy atom. The molecule has 4 rings (SSSR count). The van der Waals surface area contributed by atoms with Crippen molar-refractivity contribution in [3.63, 3.8) is 0 Å². The van der Waals surface area contributed by atoms with Crippen molar-refractivity contribution >= 4 is 22.3 Å². The van der Waals surface area contributed by atoms with Crippen molar-refractivity contribution < 1.29 is 13.2 Å². The van der Waals surface area contributed by atoms with Crippen LogP contribution in [-0.4, -0.2) is 18.1 Å². The molecule has 0 amide bonds. The fourth-order valence-electron chi connectivity index (χ4n) is 4.13. The van der Waals surface area contributed by atoms with E-state index in [0.717, 1.165) is 46.9 Å². The second-order valence-electron chi connectivity index (χ2n) is 8.00. The van der Waals surface area contributed by atoms with Crippen LogP contribution in [0.4, 0.5) is 24.5 Å². The maximum atomic E-state index is 13.2. The number of aryl methyl sites for hydroxylation is 2. The minimum Gasteiger partial charge on any atom is -0.381 e. The van der Waals surface area contributed by atoms with Gasteiger partial charge in [-0.2, -0.15) is 18.4 Å². The van der Waals surface area contributed by atoms with Crippen LogP contribution in [0.3, 0.4) is 0 Å². The number of fused-ring (bicyclic) bond motifs is 1. The quantitative estimate of drug-likeness (QED) is 0.562. The highest BCUT2D eigenvalue weighted by atomic mass is 19.4. The maximum absolute atomic E-state index is 13.2. The van der Waals surface area contributed by atoms with Crippen molar-refractivity contribution in [1.29, 1.82) is 5.26 Å². The van der Waals surface area contributed by atoms with E-state index in [-0.39, 0.29) is 5.56 Å².